The molecule has 0 fully saturated rings. The van der Waals surface area contributed by atoms with Gasteiger partial charge in [0, 0.05) is 25.5 Å². The van der Waals surface area contributed by atoms with Crippen LogP contribution >= 0.6 is 11.3 Å². The van der Waals surface area contributed by atoms with E-state index in [4.69, 9.17) is 9.15 Å². The van der Waals surface area contributed by atoms with Crippen LogP contribution in [0.3, 0.4) is 0 Å². The predicted molar refractivity (Wildman–Crippen MR) is 54.9 cm³/mol. The molecule has 1 aromatic heterocycles. The summed E-state index contributed by atoms with van der Waals surface area (Å²) in [6.07, 6.45) is 2.07. The molecular formula is C10H5O4RhS-. The van der Waals surface area contributed by atoms with Gasteiger partial charge in [-0.3, -0.25) is 11.4 Å². The molecule has 0 amide bonds. The molecule has 1 aromatic carbocycles. The van der Waals surface area contributed by atoms with Crippen LogP contribution < -0.4 is 9.68 Å². The Morgan fingerprint density at radius 1 is 1.50 bits per heavy atom. The number of ether oxygens (including phenoxy) is 1. The number of benzene rings is 1. The van der Waals surface area contributed by atoms with Crippen LogP contribution in [0, 0.1) is 6.08 Å². The molecule has 0 aliphatic carbocycles. The Morgan fingerprint density at radius 2 is 2.25 bits per heavy atom. The molecule has 4 nitrogen and oxygen atoms in total. The maximum atomic E-state index is 10.9. The summed E-state index contributed by atoms with van der Waals surface area (Å²) in [7, 11) is 0. The first-order valence-electron chi connectivity index (χ1n) is 3.97. The third kappa shape index (κ3) is 2.65. The smallest absolute Gasteiger partial charge is 0.396 e. The van der Waals surface area contributed by atoms with Gasteiger partial charge in [-0.2, -0.15) is 0 Å². The summed E-state index contributed by atoms with van der Waals surface area (Å²) >= 11 is 0.995. The number of hydrogen-bond donors (Lipinski definition) is 0. The van der Waals surface area contributed by atoms with Gasteiger partial charge in [0.05, 0.1) is 4.70 Å². The second kappa shape index (κ2) is 5.19. The van der Waals surface area contributed by atoms with Gasteiger partial charge in [-0.15, -0.1) is 0 Å². The molecular weight excluding hydrogens is 319 g/mol. The Kier molecular flexibility index (Phi) is 4.15. The van der Waals surface area contributed by atoms with E-state index in [0.29, 0.717) is 16.0 Å². The fourth-order valence-corrected chi connectivity index (χ4v) is 1.71. The Hall–Kier alpha value is -1.26. The van der Waals surface area contributed by atoms with Crippen molar-refractivity contribution in [3.05, 3.63) is 40.6 Å². The van der Waals surface area contributed by atoms with Gasteiger partial charge in [0.15, 0.2) is 11.6 Å². The second-order valence-corrected chi connectivity index (χ2v) is 3.61. The zero-order valence-corrected chi connectivity index (χ0v) is 10.3. The number of fused-ring (bicyclic) bond motifs is 1. The maximum Gasteiger partial charge on any atom is 0.396 e. The average molecular weight is 324 g/mol. The van der Waals surface area contributed by atoms with E-state index in [2.05, 4.69) is 12.7 Å². The summed E-state index contributed by atoms with van der Waals surface area (Å²) in [4.78, 5) is 21.4. The molecule has 0 saturated heterocycles. The van der Waals surface area contributed by atoms with Gasteiger partial charge in [0.1, 0.15) is 5.75 Å². The Bertz CT molecular complexity index is 584. The van der Waals surface area contributed by atoms with E-state index in [0.717, 1.165) is 11.3 Å². The van der Waals surface area contributed by atoms with Gasteiger partial charge < -0.3 is 15.2 Å². The van der Waals surface area contributed by atoms with Gasteiger partial charge in [-0.05, 0) is 12.1 Å². The molecule has 1 radical (unpaired) electrons. The number of carbonyl (C=O) groups excluding carboxylic acids is 1. The van der Waals surface area contributed by atoms with E-state index < -0.39 is 5.97 Å². The quantitative estimate of drug-likeness (QED) is 0.278. The molecule has 16 heavy (non-hydrogen) atoms. The monoisotopic (exact) mass is 324 g/mol. The summed E-state index contributed by atoms with van der Waals surface area (Å²) in [5.74, 6) is -0.378. The van der Waals surface area contributed by atoms with Crippen molar-refractivity contribution in [3.63, 3.8) is 0 Å². The van der Waals surface area contributed by atoms with Crippen LogP contribution in [0.1, 0.15) is 0 Å². The van der Waals surface area contributed by atoms with Crippen LogP contribution in [-0.4, -0.2) is 5.97 Å². The zero-order valence-electron chi connectivity index (χ0n) is 7.81. The summed E-state index contributed by atoms with van der Waals surface area (Å²) in [6, 6.07) is 4.70. The average Bonchev–Trinajstić information content (AvgIpc) is 2.57. The van der Waals surface area contributed by atoms with E-state index in [-0.39, 0.29) is 24.4 Å². The summed E-state index contributed by atoms with van der Waals surface area (Å²) < 4.78 is 10.4. The van der Waals surface area contributed by atoms with Crippen LogP contribution in [0.5, 0.6) is 5.75 Å². The van der Waals surface area contributed by atoms with E-state index >= 15 is 0 Å². The summed E-state index contributed by atoms with van der Waals surface area (Å²) in [5.41, 5.74) is 0.402. The van der Waals surface area contributed by atoms with Crippen LogP contribution in [0.15, 0.2) is 34.0 Å². The molecule has 0 atom stereocenters. The topological polar surface area (TPSA) is 56.5 Å². The van der Waals surface area contributed by atoms with Crippen molar-refractivity contribution in [3.8, 4) is 5.75 Å². The molecule has 6 heteroatoms. The first-order chi connectivity index (χ1) is 7.19. The van der Waals surface area contributed by atoms with Gasteiger partial charge in [0.25, 0.3) is 0 Å². The molecule has 1 heterocycles. The molecule has 85 valence electrons. The van der Waals surface area contributed by atoms with Crippen molar-refractivity contribution in [1.82, 2.24) is 0 Å². The van der Waals surface area contributed by atoms with Crippen molar-refractivity contribution in [1.29, 1.82) is 0 Å². The van der Waals surface area contributed by atoms with E-state index in [1.54, 1.807) is 12.1 Å². The molecule has 0 N–H and O–H groups in total. The minimum Gasteiger partial charge on any atom is -0.454 e. The van der Waals surface area contributed by atoms with Crippen molar-refractivity contribution in [2.45, 2.75) is 0 Å². The second-order valence-electron chi connectivity index (χ2n) is 2.63. The van der Waals surface area contributed by atoms with Gasteiger partial charge in [-0.25, -0.2) is 4.79 Å². The minimum atomic E-state index is -0.674. The SMILES string of the molecule is C=[C-]C(=O)Oc1ccc2sc(=O)oc2c1.[Rh]. The third-order valence-corrected chi connectivity index (χ3v) is 2.46. The molecule has 0 bridgehead atoms. The van der Waals surface area contributed by atoms with Crippen molar-refractivity contribution >= 4 is 27.6 Å². The van der Waals surface area contributed by atoms with Crippen LogP contribution in [0.2, 0.25) is 0 Å². The van der Waals surface area contributed by atoms with Gasteiger partial charge in [0.2, 0.25) is 0 Å². The Balaban J connectivity index is 0.00000128. The van der Waals surface area contributed by atoms with Crippen LogP contribution in [0.25, 0.3) is 10.3 Å². The van der Waals surface area contributed by atoms with Crippen molar-refractivity contribution in [2.75, 3.05) is 0 Å². The van der Waals surface area contributed by atoms with E-state index in [1.807, 2.05) is 0 Å². The maximum absolute atomic E-state index is 10.9. The number of esters is 1. The largest absolute Gasteiger partial charge is 0.454 e. The Morgan fingerprint density at radius 3 is 2.94 bits per heavy atom. The van der Waals surface area contributed by atoms with Gasteiger partial charge in [-0.1, -0.05) is 11.3 Å². The fourth-order valence-electron chi connectivity index (χ4n) is 1.06. The first-order valence-corrected chi connectivity index (χ1v) is 4.79. The molecule has 0 aliphatic heterocycles. The Labute approximate surface area is 107 Å². The number of carbonyl (C=O) groups is 1. The molecule has 0 aliphatic rings. The first kappa shape index (κ1) is 12.8. The molecule has 2 aromatic rings. The standard InChI is InChI=1S/C10H5O4S.Rh/c1-2-9(11)13-6-3-4-8-7(5-6)14-10(12)15-8;/h3-5H,1H2;/q-1;. The van der Waals surface area contributed by atoms with E-state index in [1.165, 1.54) is 6.07 Å². The number of rotatable bonds is 2. The zero-order chi connectivity index (χ0) is 10.8. The number of hydrogen-bond acceptors (Lipinski definition) is 5. The summed E-state index contributed by atoms with van der Waals surface area (Å²) in [5, 5.41) is 0. The molecule has 0 spiro atoms. The predicted octanol–water partition coefficient (Wildman–Crippen LogP) is 1.75. The van der Waals surface area contributed by atoms with Gasteiger partial charge >= 0.3 is 4.94 Å². The van der Waals surface area contributed by atoms with Crippen LogP contribution in [0.4, 0.5) is 0 Å². The fraction of sp³-hybridized carbons (Fsp3) is 0. The summed E-state index contributed by atoms with van der Waals surface area (Å²) in [6.45, 7) is 3.15. The minimum absolute atomic E-state index is 0. The van der Waals surface area contributed by atoms with Crippen molar-refractivity contribution in [2.24, 2.45) is 0 Å². The molecule has 0 saturated carbocycles. The third-order valence-electron chi connectivity index (χ3n) is 1.66. The molecule has 2 rings (SSSR count). The van der Waals surface area contributed by atoms with Crippen LogP contribution in [-0.2, 0) is 24.3 Å². The van der Waals surface area contributed by atoms with E-state index in [9.17, 15) is 9.59 Å². The van der Waals surface area contributed by atoms with Crippen molar-refractivity contribution < 1.29 is 33.4 Å². The normalized spacial score (nSPS) is 9.50. The molecule has 0 unspecified atom stereocenters.